The van der Waals surface area contributed by atoms with Gasteiger partial charge in [0, 0.05) is 13.2 Å². The van der Waals surface area contributed by atoms with Crippen molar-refractivity contribution in [2.24, 2.45) is 5.92 Å². The van der Waals surface area contributed by atoms with E-state index in [4.69, 9.17) is 13.6 Å². The second-order valence-corrected chi connectivity index (χ2v) is 24.4. The van der Waals surface area contributed by atoms with Gasteiger partial charge in [0.25, 0.3) is 8.32 Å². The zero-order chi connectivity index (χ0) is 30.7. The molecule has 2 atom stereocenters. The van der Waals surface area contributed by atoms with E-state index >= 15 is 0 Å². The molecule has 0 aromatic heterocycles. The molecule has 5 nitrogen and oxygen atoms in total. The molecule has 0 bridgehead atoms. The van der Waals surface area contributed by atoms with E-state index in [9.17, 15) is 4.79 Å². The maximum Gasteiger partial charge on any atom is 0.410 e. The number of amides is 1. The van der Waals surface area contributed by atoms with Crippen molar-refractivity contribution in [1.29, 1.82) is 0 Å². The highest BCUT2D eigenvalue weighted by molar-refractivity contribution is 6.99. The maximum absolute atomic E-state index is 13.5. The normalized spacial score (nSPS) is 19.2. The number of piperidine rings is 1. The fraction of sp³-hybridized carbons (Fsp3) is 0.618. The Morgan fingerprint density at radius 1 is 0.780 bits per heavy atom. The van der Waals surface area contributed by atoms with Crippen LogP contribution in [0.2, 0.25) is 23.2 Å². The maximum atomic E-state index is 13.5. The summed E-state index contributed by atoms with van der Waals surface area (Å²) < 4.78 is 19.9. The van der Waals surface area contributed by atoms with Gasteiger partial charge in [-0.1, -0.05) is 102 Å². The van der Waals surface area contributed by atoms with Gasteiger partial charge in [-0.05, 0) is 73.1 Å². The van der Waals surface area contributed by atoms with E-state index in [1.54, 1.807) is 0 Å². The lowest BCUT2D eigenvalue weighted by molar-refractivity contribution is -0.00699. The molecule has 1 saturated heterocycles. The third-order valence-electron chi connectivity index (χ3n) is 8.85. The molecule has 0 aliphatic carbocycles. The molecule has 7 heteroatoms. The van der Waals surface area contributed by atoms with Crippen molar-refractivity contribution < 1.29 is 18.4 Å². The molecule has 1 aliphatic heterocycles. The number of carbonyl (C=O) groups excluding carboxylic acids is 1. The lowest BCUT2D eigenvalue weighted by atomic mass is 9.92. The van der Waals surface area contributed by atoms with Gasteiger partial charge in [0.2, 0.25) is 0 Å². The minimum Gasteiger partial charge on any atom is -0.444 e. The Hall–Kier alpha value is -1.94. The van der Waals surface area contributed by atoms with Crippen LogP contribution in [0.15, 0.2) is 60.7 Å². The molecule has 3 rings (SSSR count). The molecule has 1 heterocycles. The van der Waals surface area contributed by atoms with Crippen LogP contribution in [0.3, 0.4) is 0 Å². The third kappa shape index (κ3) is 8.12. The molecular formula is C34H55NO4Si2. The van der Waals surface area contributed by atoms with Gasteiger partial charge in [0.15, 0.2) is 8.32 Å². The average Bonchev–Trinajstić information content (AvgIpc) is 2.87. The summed E-state index contributed by atoms with van der Waals surface area (Å²) in [7, 11) is -4.62. The summed E-state index contributed by atoms with van der Waals surface area (Å²) in [5, 5.41) is 2.52. The number of ether oxygens (including phenoxy) is 1. The van der Waals surface area contributed by atoms with Gasteiger partial charge in [-0.2, -0.15) is 0 Å². The second-order valence-electron chi connectivity index (χ2n) is 15.3. The van der Waals surface area contributed by atoms with Crippen LogP contribution in [0, 0.1) is 5.92 Å². The van der Waals surface area contributed by atoms with Crippen LogP contribution in [0.4, 0.5) is 4.79 Å². The number of hydrogen-bond donors (Lipinski definition) is 0. The van der Waals surface area contributed by atoms with Crippen LogP contribution in [0.25, 0.3) is 0 Å². The molecular weight excluding hydrogens is 543 g/mol. The summed E-state index contributed by atoms with van der Waals surface area (Å²) in [4.78, 5) is 15.4. The monoisotopic (exact) mass is 597 g/mol. The average molecular weight is 598 g/mol. The lowest BCUT2D eigenvalue weighted by Gasteiger charge is -2.46. The van der Waals surface area contributed by atoms with Crippen molar-refractivity contribution >= 4 is 33.1 Å². The molecule has 1 aliphatic rings. The molecule has 0 unspecified atom stereocenters. The molecule has 2 aromatic rings. The fourth-order valence-corrected chi connectivity index (χ4v) is 11.2. The molecule has 0 N–H and O–H groups in total. The van der Waals surface area contributed by atoms with E-state index in [1.807, 2.05) is 25.7 Å². The summed E-state index contributed by atoms with van der Waals surface area (Å²) in [6.45, 7) is 26.0. The second kappa shape index (κ2) is 12.7. The molecule has 2 aromatic carbocycles. The van der Waals surface area contributed by atoms with Crippen molar-refractivity contribution in [2.75, 3.05) is 19.8 Å². The van der Waals surface area contributed by atoms with E-state index in [-0.39, 0.29) is 22.2 Å². The molecule has 1 fully saturated rings. The van der Waals surface area contributed by atoms with Gasteiger partial charge < -0.3 is 18.5 Å². The summed E-state index contributed by atoms with van der Waals surface area (Å²) in [6.07, 6.45) is 1.49. The first-order valence-electron chi connectivity index (χ1n) is 15.3. The molecule has 0 radical (unpaired) electrons. The highest BCUT2D eigenvalue weighted by Crippen LogP contribution is 2.39. The van der Waals surface area contributed by atoms with Crippen LogP contribution >= 0.6 is 0 Å². The predicted molar refractivity (Wildman–Crippen MR) is 176 cm³/mol. The molecule has 41 heavy (non-hydrogen) atoms. The smallest absolute Gasteiger partial charge is 0.410 e. The van der Waals surface area contributed by atoms with Crippen molar-refractivity contribution in [3.8, 4) is 0 Å². The predicted octanol–water partition coefficient (Wildman–Crippen LogP) is 7.60. The number of benzene rings is 2. The summed E-state index contributed by atoms with van der Waals surface area (Å²) >= 11 is 0. The van der Waals surface area contributed by atoms with Crippen molar-refractivity contribution in [3.63, 3.8) is 0 Å². The van der Waals surface area contributed by atoms with Crippen LogP contribution in [-0.4, -0.2) is 59.0 Å². The Kier molecular flexibility index (Phi) is 10.4. The van der Waals surface area contributed by atoms with E-state index in [0.717, 1.165) is 19.4 Å². The van der Waals surface area contributed by atoms with Crippen molar-refractivity contribution in [2.45, 2.75) is 110 Å². The Labute approximate surface area is 252 Å². The highest BCUT2D eigenvalue weighted by atomic mass is 28.4. The fourth-order valence-electron chi connectivity index (χ4n) is 5.53. The van der Waals surface area contributed by atoms with Crippen LogP contribution < -0.4 is 10.4 Å². The first-order chi connectivity index (χ1) is 18.9. The van der Waals surface area contributed by atoms with Gasteiger partial charge in [-0.25, -0.2) is 4.79 Å². The minimum atomic E-state index is -2.74. The van der Waals surface area contributed by atoms with Gasteiger partial charge in [0.05, 0.1) is 12.6 Å². The quantitative estimate of drug-likeness (QED) is 0.294. The number of rotatable bonds is 8. The van der Waals surface area contributed by atoms with Crippen LogP contribution in [0.5, 0.6) is 0 Å². The van der Waals surface area contributed by atoms with Crippen molar-refractivity contribution in [1.82, 2.24) is 4.90 Å². The van der Waals surface area contributed by atoms with Crippen LogP contribution in [0.1, 0.15) is 75.2 Å². The SMILES string of the molecule is CC(C)(C)OC(=O)N1CC[C@@H](CO[Si](C)(C)C(C)(C)C)C[C@@H]1CO[Si](c1ccccc1)(c1ccccc1)C(C)(C)C. The van der Waals surface area contributed by atoms with Crippen molar-refractivity contribution in [3.05, 3.63) is 60.7 Å². The van der Waals surface area contributed by atoms with Gasteiger partial charge in [-0.3, -0.25) is 0 Å². The minimum absolute atomic E-state index is 0.0896. The third-order valence-corrected chi connectivity index (χ3v) is 18.4. The Morgan fingerprint density at radius 2 is 1.29 bits per heavy atom. The Bertz CT molecular complexity index is 1080. The lowest BCUT2D eigenvalue weighted by Crippen LogP contribution is -2.67. The summed E-state index contributed by atoms with van der Waals surface area (Å²) in [5.74, 6) is 0.371. The van der Waals surface area contributed by atoms with E-state index in [0.29, 0.717) is 19.1 Å². The first-order valence-corrected chi connectivity index (χ1v) is 20.1. The van der Waals surface area contributed by atoms with Crippen LogP contribution in [-0.2, 0) is 13.6 Å². The summed E-state index contributed by atoms with van der Waals surface area (Å²) in [6, 6.07) is 21.3. The number of nitrogens with zero attached hydrogens (tertiary/aromatic N) is 1. The van der Waals surface area contributed by atoms with Gasteiger partial charge in [-0.15, -0.1) is 0 Å². The van der Waals surface area contributed by atoms with E-state index < -0.39 is 22.2 Å². The Morgan fingerprint density at radius 3 is 1.73 bits per heavy atom. The number of likely N-dealkylation sites (tertiary alicyclic amines) is 1. The number of hydrogen-bond acceptors (Lipinski definition) is 4. The first kappa shape index (κ1) is 33.6. The zero-order valence-corrected chi connectivity index (χ0v) is 29.5. The molecule has 228 valence electrons. The topological polar surface area (TPSA) is 48.0 Å². The van der Waals surface area contributed by atoms with Gasteiger partial charge >= 0.3 is 6.09 Å². The van der Waals surface area contributed by atoms with E-state index in [2.05, 4.69) is 115 Å². The largest absolute Gasteiger partial charge is 0.444 e. The molecule has 1 amide bonds. The standard InChI is InChI=1S/C34H55NO4Si2/c1-32(2,3)39-31(36)35-23-22-27(25-37-40(10,11)33(4,5)6)24-28(35)26-38-41(34(7,8)9,29-18-14-12-15-19-29)30-20-16-13-17-21-30/h12-21,27-28H,22-26H2,1-11H3/t27-,28-/m1/s1. The molecule has 0 saturated carbocycles. The zero-order valence-electron chi connectivity index (χ0n) is 27.5. The molecule has 0 spiro atoms. The highest BCUT2D eigenvalue weighted by Gasteiger charge is 2.51. The summed E-state index contributed by atoms with van der Waals surface area (Å²) in [5.41, 5.74) is -0.553. The van der Waals surface area contributed by atoms with E-state index in [1.165, 1.54) is 10.4 Å². The number of carbonyl (C=O) groups is 1. The van der Waals surface area contributed by atoms with Gasteiger partial charge in [0.1, 0.15) is 5.60 Å². The Balaban J connectivity index is 1.95.